The van der Waals surface area contributed by atoms with Crippen molar-refractivity contribution >= 4 is 62.5 Å². The number of nitrogens with zero attached hydrogens (tertiary/aromatic N) is 3. The first-order valence-electron chi connectivity index (χ1n) is 11.1. The molecule has 2 heterocycles. The molecule has 0 aliphatic carbocycles. The summed E-state index contributed by atoms with van der Waals surface area (Å²) in [7, 11) is 0. The summed E-state index contributed by atoms with van der Waals surface area (Å²) in [6, 6.07) is 22.6. The number of pyridine rings is 1. The molecule has 1 atom stereocenters. The zero-order chi connectivity index (χ0) is 24.5. The number of aromatic carboxylic acids is 1. The van der Waals surface area contributed by atoms with Crippen molar-refractivity contribution in [2.75, 3.05) is 11.6 Å². The Labute approximate surface area is 221 Å². The Morgan fingerprint density at radius 1 is 1.11 bits per heavy atom. The molecule has 8 heteroatoms. The first-order valence-corrected chi connectivity index (χ1v) is 12.6. The first-order chi connectivity index (χ1) is 16.9. The Balaban J connectivity index is 1.58. The van der Waals surface area contributed by atoms with E-state index in [9.17, 15) is 9.90 Å². The lowest BCUT2D eigenvalue weighted by Gasteiger charge is -2.25. The summed E-state index contributed by atoms with van der Waals surface area (Å²) in [5.41, 5.74) is 4.59. The van der Waals surface area contributed by atoms with Crippen LogP contribution in [0.25, 0.3) is 10.9 Å². The fraction of sp³-hybridized carbons (Fsp3) is 0.148. The van der Waals surface area contributed by atoms with E-state index in [1.54, 1.807) is 24.3 Å². The smallest absolute Gasteiger partial charge is 0.335 e. The monoisotopic (exact) mass is 597 g/mol. The van der Waals surface area contributed by atoms with Crippen LogP contribution < -0.4 is 9.75 Å². The molecule has 0 saturated heterocycles. The number of hydrogen-bond donors (Lipinski definition) is 1. The van der Waals surface area contributed by atoms with Gasteiger partial charge in [0.25, 0.3) is 0 Å². The molecule has 0 saturated carbocycles. The summed E-state index contributed by atoms with van der Waals surface area (Å²) in [6.07, 6.45) is 0.630. The number of carboxylic acids is 1. The van der Waals surface area contributed by atoms with E-state index in [-0.39, 0.29) is 11.6 Å². The fourth-order valence-corrected chi connectivity index (χ4v) is 4.83. The van der Waals surface area contributed by atoms with Crippen molar-refractivity contribution in [3.63, 3.8) is 0 Å². The van der Waals surface area contributed by atoms with E-state index in [1.165, 1.54) is 0 Å². The van der Waals surface area contributed by atoms with Gasteiger partial charge in [0.05, 0.1) is 35.1 Å². The molecule has 0 bridgehead atoms. The average Bonchev–Trinajstić information content (AvgIpc) is 3.29. The number of hydrazone groups is 1. The summed E-state index contributed by atoms with van der Waals surface area (Å²) >= 11 is 9.02. The van der Waals surface area contributed by atoms with Crippen LogP contribution in [-0.2, 0) is 0 Å². The Kier molecular flexibility index (Phi) is 6.62. The third-order valence-electron chi connectivity index (χ3n) is 5.91. The van der Waals surface area contributed by atoms with Crippen molar-refractivity contribution < 1.29 is 14.6 Å². The van der Waals surface area contributed by atoms with Crippen LogP contribution in [0.4, 0.5) is 5.69 Å². The van der Waals surface area contributed by atoms with Crippen LogP contribution in [0.1, 0.15) is 40.9 Å². The van der Waals surface area contributed by atoms with Crippen molar-refractivity contribution in [2.45, 2.75) is 19.4 Å². The minimum atomic E-state index is -0.967. The molecular formula is C27H21ClIN3O3. The maximum Gasteiger partial charge on any atom is 0.335 e. The van der Waals surface area contributed by atoms with E-state index >= 15 is 0 Å². The number of halogens is 2. The number of anilines is 1. The van der Waals surface area contributed by atoms with Gasteiger partial charge in [-0.2, -0.15) is 5.10 Å². The molecule has 0 spiro atoms. The largest absolute Gasteiger partial charge is 0.494 e. The predicted octanol–water partition coefficient (Wildman–Crippen LogP) is 6.95. The lowest BCUT2D eigenvalue weighted by molar-refractivity contribution is 0.0697. The summed E-state index contributed by atoms with van der Waals surface area (Å²) in [4.78, 5) is 16.0. The highest BCUT2D eigenvalue weighted by molar-refractivity contribution is 14.1. The van der Waals surface area contributed by atoms with Crippen LogP contribution >= 0.6 is 34.2 Å². The first kappa shape index (κ1) is 23.6. The molecule has 3 aromatic carbocycles. The lowest BCUT2D eigenvalue weighted by Crippen LogP contribution is -2.19. The van der Waals surface area contributed by atoms with Gasteiger partial charge in [-0.3, -0.25) is 5.01 Å². The predicted molar refractivity (Wildman–Crippen MR) is 147 cm³/mol. The zero-order valence-electron chi connectivity index (χ0n) is 18.8. The molecule has 35 heavy (non-hydrogen) atoms. The van der Waals surface area contributed by atoms with Crippen molar-refractivity contribution in [3.8, 4) is 5.75 Å². The topological polar surface area (TPSA) is 75.0 Å². The van der Waals surface area contributed by atoms with E-state index < -0.39 is 5.97 Å². The second-order valence-electron chi connectivity index (χ2n) is 8.13. The summed E-state index contributed by atoms with van der Waals surface area (Å²) in [6.45, 7) is 2.52. The third kappa shape index (κ3) is 4.83. The van der Waals surface area contributed by atoms with E-state index in [0.717, 1.165) is 42.7 Å². The molecule has 176 valence electrons. The van der Waals surface area contributed by atoms with Gasteiger partial charge in [-0.25, -0.2) is 9.78 Å². The maximum atomic E-state index is 11.3. The van der Waals surface area contributed by atoms with Crippen LogP contribution in [0, 0.1) is 3.57 Å². The molecular weight excluding hydrogens is 577 g/mol. The Hall–Kier alpha value is -3.17. The van der Waals surface area contributed by atoms with Gasteiger partial charge in [0.15, 0.2) is 0 Å². The lowest BCUT2D eigenvalue weighted by atomic mass is 9.98. The van der Waals surface area contributed by atoms with E-state index in [2.05, 4.69) is 57.9 Å². The Morgan fingerprint density at radius 2 is 1.86 bits per heavy atom. The maximum absolute atomic E-state index is 11.3. The second kappa shape index (κ2) is 9.83. The standard InChI is InChI=1S/C27H21ClIN3O3/c1-2-35-21-12-7-18-13-22(26(28)30-23(18)14-21)25-15-24(16-3-8-19(29)9-4-16)31-32(25)20-10-5-17(6-11-20)27(33)34/h3-14,25H,2,15H2,1H3,(H,33,34). The molecule has 4 aromatic rings. The minimum absolute atomic E-state index is 0.198. The van der Waals surface area contributed by atoms with Gasteiger partial charge in [-0.1, -0.05) is 23.7 Å². The van der Waals surface area contributed by atoms with Crippen LogP contribution in [0.5, 0.6) is 5.75 Å². The molecule has 1 aromatic heterocycles. The van der Waals surface area contributed by atoms with Gasteiger partial charge in [0, 0.05) is 27.0 Å². The van der Waals surface area contributed by atoms with Gasteiger partial charge >= 0.3 is 5.97 Å². The van der Waals surface area contributed by atoms with Crippen molar-refractivity contribution in [3.05, 3.63) is 98.2 Å². The third-order valence-corrected chi connectivity index (χ3v) is 6.93. The molecule has 0 fully saturated rings. The number of carbonyl (C=O) groups is 1. The van der Waals surface area contributed by atoms with E-state index in [0.29, 0.717) is 18.2 Å². The highest BCUT2D eigenvalue weighted by atomic mass is 127. The summed E-state index contributed by atoms with van der Waals surface area (Å²) < 4.78 is 6.75. The van der Waals surface area contributed by atoms with E-state index in [1.807, 2.05) is 30.1 Å². The van der Waals surface area contributed by atoms with E-state index in [4.69, 9.17) is 21.4 Å². The molecule has 0 radical (unpaired) electrons. The molecule has 1 aliphatic heterocycles. The van der Waals surface area contributed by atoms with Crippen LogP contribution in [0.15, 0.2) is 77.9 Å². The summed E-state index contributed by atoms with van der Waals surface area (Å²) in [5, 5.41) is 17.5. The zero-order valence-corrected chi connectivity index (χ0v) is 21.7. The number of hydrogen-bond acceptors (Lipinski definition) is 5. The van der Waals surface area contributed by atoms with Crippen LogP contribution in [-0.4, -0.2) is 28.4 Å². The van der Waals surface area contributed by atoms with Crippen LogP contribution in [0.3, 0.4) is 0 Å². The van der Waals surface area contributed by atoms with Gasteiger partial charge in [0.1, 0.15) is 10.9 Å². The van der Waals surface area contributed by atoms with Gasteiger partial charge in [-0.05, 0) is 89.7 Å². The Morgan fingerprint density at radius 3 is 2.54 bits per heavy atom. The fourth-order valence-electron chi connectivity index (χ4n) is 4.19. The highest BCUT2D eigenvalue weighted by Gasteiger charge is 2.32. The normalized spacial score (nSPS) is 15.3. The van der Waals surface area contributed by atoms with Crippen molar-refractivity contribution in [1.82, 2.24) is 4.98 Å². The average molecular weight is 598 g/mol. The summed E-state index contributed by atoms with van der Waals surface area (Å²) in [5.74, 6) is -0.215. The molecule has 0 amide bonds. The number of rotatable bonds is 6. The van der Waals surface area contributed by atoms with Crippen molar-refractivity contribution in [2.24, 2.45) is 5.10 Å². The number of benzene rings is 3. The number of carboxylic acid groups (broad SMARTS) is 1. The Bertz CT molecular complexity index is 1440. The molecule has 6 nitrogen and oxygen atoms in total. The molecule has 1 aliphatic rings. The van der Waals surface area contributed by atoms with Gasteiger partial charge < -0.3 is 9.84 Å². The minimum Gasteiger partial charge on any atom is -0.494 e. The number of ether oxygens (including phenoxy) is 1. The second-order valence-corrected chi connectivity index (χ2v) is 9.73. The van der Waals surface area contributed by atoms with Gasteiger partial charge in [-0.15, -0.1) is 0 Å². The molecule has 1 unspecified atom stereocenters. The van der Waals surface area contributed by atoms with Crippen molar-refractivity contribution in [1.29, 1.82) is 0 Å². The highest BCUT2D eigenvalue weighted by Crippen LogP contribution is 2.40. The molecule has 1 N–H and O–H groups in total. The van der Waals surface area contributed by atoms with Crippen LogP contribution in [0.2, 0.25) is 5.15 Å². The number of fused-ring (bicyclic) bond motifs is 1. The molecule has 5 rings (SSSR count). The quantitative estimate of drug-likeness (QED) is 0.192. The van der Waals surface area contributed by atoms with Gasteiger partial charge in [0.2, 0.25) is 0 Å². The number of aromatic nitrogens is 1. The SMILES string of the molecule is CCOc1ccc2cc(C3CC(c4ccc(I)cc4)=NN3c3ccc(C(=O)O)cc3)c(Cl)nc2c1.